The summed E-state index contributed by atoms with van der Waals surface area (Å²) in [4.78, 5) is 34.9. The molecule has 0 aliphatic carbocycles. The van der Waals surface area contributed by atoms with E-state index >= 15 is 0 Å². The van der Waals surface area contributed by atoms with Crippen LogP contribution in [0.25, 0.3) is 0 Å². The van der Waals surface area contributed by atoms with Crippen molar-refractivity contribution < 1.29 is 46.5 Å². The lowest BCUT2D eigenvalue weighted by Gasteiger charge is -2.14. The molecule has 0 atom stereocenters. The molecule has 0 unspecified atom stereocenters. The fourth-order valence-electron chi connectivity index (χ4n) is 3.92. The molecule has 3 aromatic rings. The molecule has 0 aromatic heterocycles. The van der Waals surface area contributed by atoms with Crippen LogP contribution in [0.3, 0.4) is 0 Å². The first-order chi connectivity index (χ1) is 22.6. The number of hydrogen-bond donors (Lipinski definition) is 1. The summed E-state index contributed by atoms with van der Waals surface area (Å²) >= 11 is 0. The van der Waals surface area contributed by atoms with E-state index in [9.17, 15) is 27.6 Å². The van der Waals surface area contributed by atoms with Gasteiger partial charge in [-0.15, -0.1) is 0 Å². The Morgan fingerprint density at radius 1 is 0.681 bits per heavy atom. The maximum absolute atomic E-state index is 14.0. The van der Waals surface area contributed by atoms with Crippen LogP contribution < -0.4 is 14.8 Å². The first-order valence-corrected chi connectivity index (χ1v) is 14.7. The Morgan fingerprint density at radius 2 is 1.15 bits per heavy atom. The maximum Gasteiger partial charge on any atom is 0.417 e. The molecule has 0 saturated heterocycles. The molecule has 11 heteroatoms. The van der Waals surface area contributed by atoms with E-state index in [2.05, 4.69) is 30.3 Å². The van der Waals surface area contributed by atoms with Crippen LogP contribution in [0.4, 0.5) is 18.9 Å². The molecule has 0 saturated carbocycles. The lowest BCUT2D eigenvalue weighted by molar-refractivity contribution is -0.138. The average Bonchev–Trinajstić information content (AvgIpc) is 3.07. The van der Waals surface area contributed by atoms with E-state index < -0.39 is 35.1 Å². The summed E-state index contributed by atoms with van der Waals surface area (Å²) < 4.78 is 62.9. The van der Waals surface area contributed by atoms with E-state index in [0.29, 0.717) is 56.0 Å². The third-order valence-corrected chi connectivity index (χ3v) is 6.32. The Labute approximate surface area is 271 Å². The first kappa shape index (κ1) is 36.0. The first-order valence-electron chi connectivity index (χ1n) is 14.7. The van der Waals surface area contributed by atoms with Gasteiger partial charge in [-0.2, -0.15) is 13.2 Å². The van der Waals surface area contributed by atoms with Gasteiger partial charge in [-0.25, -0.2) is 9.59 Å². The number of nitrogens with one attached hydrogen (secondary N) is 1. The van der Waals surface area contributed by atoms with Crippen LogP contribution in [0.5, 0.6) is 11.5 Å². The average molecular weight is 650 g/mol. The molecule has 246 valence electrons. The number of benzene rings is 3. The van der Waals surface area contributed by atoms with Crippen molar-refractivity contribution in [3.05, 3.63) is 114 Å². The third kappa shape index (κ3) is 12.8. The number of anilines is 1. The summed E-state index contributed by atoms with van der Waals surface area (Å²) in [6.45, 7) is 7.94. The molecule has 47 heavy (non-hydrogen) atoms. The van der Waals surface area contributed by atoms with Crippen molar-refractivity contribution in [1.82, 2.24) is 0 Å². The smallest absolute Gasteiger partial charge is 0.417 e. The van der Waals surface area contributed by atoms with Crippen molar-refractivity contribution in [3.8, 4) is 23.3 Å². The molecule has 3 aromatic carbocycles. The highest BCUT2D eigenvalue weighted by Crippen LogP contribution is 2.33. The van der Waals surface area contributed by atoms with Gasteiger partial charge >= 0.3 is 18.1 Å². The van der Waals surface area contributed by atoms with Crippen molar-refractivity contribution >= 4 is 23.5 Å². The number of esters is 2. The van der Waals surface area contributed by atoms with Crippen LogP contribution in [0, 0.1) is 11.8 Å². The standard InChI is InChI=1S/C36H34F3NO7/c1-3-33(41)46-23-7-5-21-44-29-16-11-26(12-17-29)9-10-27-13-20-31(32(25-27)36(37,38)39)35(43)40-28-14-18-30(19-15-28)45-22-6-8-24-47-34(42)4-2/h3-4,11-20,25H,1-2,5-8,21-24H2,(H,40,43). The van der Waals surface area contributed by atoms with E-state index in [-0.39, 0.29) is 24.5 Å². The fourth-order valence-corrected chi connectivity index (χ4v) is 3.92. The largest absolute Gasteiger partial charge is 0.494 e. The lowest BCUT2D eigenvalue weighted by atomic mass is 10.0. The Balaban J connectivity index is 1.54. The Hall–Kier alpha value is -5.50. The van der Waals surface area contributed by atoms with Gasteiger partial charge in [0.2, 0.25) is 0 Å². The molecule has 0 aliphatic rings. The van der Waals surface area contributed by atoms with E-state index in [1.54, 1.807) is 36.4 Å². The predicted octanol–water partition coefficient (Wildman–Crippen LogP) is 7.13. The second-order valence-electron chi connectivity index (χ2n) is 9.87. The zero-order valence-electron chi connectivity index (χ0n) is 25.6. The Bertz CT molecular complexity index is 1590. The monoisotopic (exact) mass is 649 g/mol. The van der Waals surface area contributed by atoms with Crippen LogP contribution in [0.1, 0.15) is 52.7 Å². The number of ether oxygens (including phenoxy) is 4. The van der Waals surface area contributed by atoms with Gasteiger partial charge in [-0.05, 0) is 92.4 Å². The van der Waals surface area contributed by atoms with Gasteiger partial charge in [0.25, 0.3) is 5.91 Å². The number of rotatable bonds is 16. The zero-order valence-corrected chi connectivity index (χ0v) is 25.6. The molecular formula is C36H34F3NO7. The highest BCUT2D eigenvalue weighted by molar-refractivity contribution is 6.05. The van der Waals surface area contributed by atoms with Crippen LogP contribution in [-0.2, 0) is 25.2 Å². The van der Waals surface area contributed by atoms with Crippen molar-refractivity contribution in [2.75, 3.05) is 31.7 Å². The van der Waals surface area contributed by atoms with Gasteiger partial charge in [0.1, 0.15) is 11.5 Å². The summed E-state index contributed by atoms with van der Waals surface area (Å²) in [6.07, 6.45) is -0.0703. The van der Waals surface area contributed by atoms with E-state index in [1.807, 2.05) is 0 Å². The summed E-state index contributed by atoms with van der Waals surface area (Å²) in [7, 11) is 0. The summed E-state index contributed by atoms with van der Waals surface area (Å²) in [5.41, 5.74) is -0.709. The van der Waals surface area contributed by atoms with Crippen molar-refractivity contribution in [2.24, 2.45) is 0 Å². The third-order valence-electron chi connectivity index (χ3n) is 6.32. The summed E-state index contributed by atoms with van der Waals surface area (Å²) in [6, 6.07) is 16.3. The number of unbranched alkanes of at least 4 members (excludes halogenated alkanes) is 2. The van der Waals surface area contributed by atoms with Gasteiger partial charge in [0, 0.05) is 29.0 Å². The number of carbonyl (C=O) groups is 3. The Morgan fingerprint density at radius 3 is 1.66 bits per heavy atom. The molecule has 8 nitrogen and oxygen atoms in total. The van der Waals surface area contributed by atoms with Gasteiger partial charge in [-0.3, -0.25) is 4.79 Å². The minimum Gasteiger partial charge on any atom is -0.494 e. The number of amides is 1. The molecule has 0 fully saturated rings. The van der Waals surface area contributed by atoms with Crippen LogP contribution in [0.2, 0.25) is 0 Å². The molecule has 0 spiro atoms. The number of halogens is 3. The lowest BCUT2D eigenvalue weighted by Crippen LogP contribution is -2.19. The fraction of sp³-hybridized carbons (Fsp3) is 0.250. The summed E-state index contributed by atoms with van der Waals surface area (Å²) in [5.74, 6) is 4.76. The van der Waals surface area contributed by atoms with Crippen LogP contribution in [0.15, 0.2) is 92.0 Å². The molecule has 1 N–H and O–H groups in total. The van der Waals surface area contributed by atoms with E-state index in [1.165, 1.54) is 18.2 Å². The molecule has 0 aliphatic heterocycles. The van der Waals surface area contributed by atoms with E-state index in [4.69, 9.17) is 18.9 Å². The second kappa shape index (κ2) is 18.5. The minimum atomic E-state index is -4.79. The molecule has 3 rings (SSSR count). The number of alkyl halides is 3. The van der Waals surface area contributed by atoms with Gasteiger partial charge < -0.3 is 24.3 Å². The molecule has 1 amide bonds. The quantitative estimate of drug-likeness (QED) is 0.0763. The second-order valence-corrected chi connectivity index (χ2v) is 9.87. The van der Waals surface area contributed by atoms with Crippen LogP contribution in [-0.4, -0.2) is 44.3 Å². The van der Waals surface area contributed by atoms with Crippen molar-refractivity contribution in [2.45, 2.75) is 31.9 Å². The molecule has 0 radical (unpaired) electrons. The molecule has 0 bridgehead atoms. The topological polar surface area (TPSA) is 100 Å². The van der Waals surface area contributed by atoms with Crippen molar-refractivity contribution in [3.63, 3.8) is 0 Å². The SMILES string of the molecule is C=CC(=O)OCCCCOc1ccc(C#Cc2ccc(C(=O)Nc3ccc(OCCCCOC(=O)C=C)cc3)c(C(F)(F)F)c2)cc1. The van der Waals surface area contributed by atoms with Gasteiger partial charge in [0.05, 0.1) is 37.6 Å². The van der Waals surface area contributed by atoms with Gasteiger partial charge in [-0.1, -0.05) is 25.0 Å². The van der Waals surface area contributed by atoms with Gasteiger partial charge in [0.15, 0.2) is 0 Å². The highest BCUT2D eigenvalue weighted by atomic mass is 19.4. The minimum absolute atomic E-state index is 0.0896. The highest BCUT2D eigenvalue weighted by Gasteiger charge is 2.35. The molecule has 0 heterocycles. The maximum atomic E-state index is 14.0. The Kier molecular flexibility index (Phi) is 14.1. The van der Waals surface area contributed by atoms with Crippen molar-refractivity contribution in [1.29, 1.82) is 0 Å². The normalized spacial score (nSPS) is 10.5. The molecular weight excluding hydrogens is 615 g/mol. The van der Waals surface area contributed by atoms with E-state index in [0.717, 1.165) is 24.3 Å². The van der Waals surface area contributed by atoms with Crippen LogP contribution >= 0.6 is 0 Å². The number of hydrogen-bond acceptors (Lipinski definition) is 7. The predicted molar refractivity (Wildman–Crippen MR) is 170 cm³/mol. The summed E-state index contributed by atoms with van der Waals surface area (Å²) in [5, 5.41) is 2.49. The number of carbonyl (C=O) groups excluding carboxylic acids is 3. The zero-order chi connectivity index (χ0) is 34.1.